The Bertz CT molecular complexity index is 629. The molecule has 2 amide bonds. The molecule has 0 bridgehead atoms. The van der Waals surface area contributed by atoms with E-state index in [0.717, 1.165) is 11.3 Å². The highest BCUT2D eigenvalue weighted by Crippen LogP contribution is 2.13. The molecule has 0 aromatic heterocycles. The van der Waals surface area contributed by atoms with Crippen LogP contribution in [0.3, 0.4) is 0 Å². The number of anilines is 1. The van der Waals surface area contributed by atoms with E-state index in [0.29, 0.717) is 13.2 Å². The summed E-state index contributed by atoms with van der Waals surface area (Å²) < 4.78 is 19.0. The van der Waals surface area contributed by atoms with Gasteiger partial charge in [0, 0.05) is 7.05 Å². The van der Waals surface area contributed by atoms with Crippen molar-refractivity contribution in [1.29, 1.82) is 0 Å². The minimum Gasteiger partial charge on any atom is -0.492 e. The zero-order valence-electron chi connectivity index (χ0n) is 12.7. The lowest BCUT2D eigenvalue weighted by Crippen LogP contribution is -2.34. The van der Waals surface area contributed by atoms with E-state index in [1.54, 1.807) is 19.2 Å². The molecule has 0 atom stereocenters. The summed E-state index contributed by atoms with van der Waals surface area (Å²) in [6, 6.07) is 13.4. The van der Waals surface area contributed by atoms with Crippen molar-refractivity contribution in [2.45, 2.75) is 6.92 Å². The number of urea groups is 1. The summed E-state index contributed by atoms with van der Waals surface area (Å²) in [6.07, 6.45) is 0. The SMILES string of the molecule is Cc1ccc(OCCN(C)C(=O)Nc2ccccc2F)cc1. The van der Waals surface area contributed by atoms with Crippen molar-refractivity contribution >= 4 is 11.7 Å². The third kappa shape index (κ3) is 4.48. The van der Waals surface area contributed by atoms with Crippen LogP contribution in [0, 0.1) is 12.7 Å². The summed E-state index contributed by atoms with van der Waals surface area (Å²) in [7, 11) is 1.63. The number of amides is 2. The molecule has 2 aromatic carbocycles. The van der Waals surface area contributed by atoms with Crippen LogP contribution in [0.25, 0.3) is 0 Å². The molecule has 0 unspecified atom stereocenters. The number of carbonyl (C=O) groups excluding carboxylic acids is 1. The molecule has 0 radical (unpaired) electrons. The number of para-hydroxylation sites is 1. The largest absolute Gasteiger partial charge is 0.492 e. The lowest BCUT2D eigenvalue weighted by atomic mass is 10.2. The van der Waals surface area contributed by atoms with Crippen LogP contribution < -0.4 is 10.1 Å². The lowest BCUT2D eigenvalue weighted by Gasteiger charge is -2.18. The highest BCUT2D eigenvalue weighted by atomic mass is 19.1. The standard InChI is InChI=1S/C17H19FN2O2/c1-13-7-9-14(10-8-13)22-12-11-20(2)17(21)19-16-6-4-3-5-15(16)18/h3-10H,11-12H2,1-2H3,(H,19,21). The Hall–Kier alpha value is -2.56. The number of benzene rings is 2. The van der Waals surface area contributed by atoms with Crippen LogP contribution in [0.1, 0.15) is 5.56 Å². The lowest BCUT2D eigenvalue weighted by molar-refractivity contribution is 0.207. The molecular weight excluding hydrogens is 283 g/mol. The van der Waals surface area contributed by atoms with Crippen molar-refractivity contribution in [3.05, 3.63) is 59.9 Å². The normalized spacial score (nSPS) is 10.1. The zero-order chi connectivity index (χ0) is 15.9. The second kappa shape index (κ2) is 7.45. The number of hydrogen-bond acceptors (Lipinski definition) is 2. The zero-order valence-corrected chi connectivity index (χ0v) is 12.7. The Kier molecular flexibility index (Phi) is 5.36. The predicted molar refractivity (Wildman–Crippen MR) is 84.7 cm³/mol. The fourth-order valence-electron chi connectivity index (χ4n) is 1.81. The first-order valence-corrected chi connectivity index (χ1v) is 7.02. The third-order valence-electron chi connectivity index (χ3n) is 3.18. The van der Waals surface area contributed by atoms with Gasteiger partial charge in [-0.05, 0) is 31.2 Å². The molecule has 0 aliphatic heterocycles. The van der Waals surface area contributed by atoms with Crippen molar-refractivity contribution in [3.8, 4) is 5.75 Å². The Morgan fingerprint density at radius 3 is 2.55 bits per heavy atom. The second-order valence-corrected chi connectivity index (χ2v) is 4.99. The van der Waals surface area contributed by atoms with E-state index in [2.05, 4.69) is 5.32 Å². The van der Waals surface area contributed by atoms with Crippen molar-refractivity contribution in [2.75, 3.05) is 25.5 Å². The maximum Gasteiger partial charge on any atom is 0.321 e. The first-order chi connectivity index (χ1) is 10.6. The Balaban J connectivity index is 1.79. The first-order valence-electron chi connectivity index (χ1n) is 7.02. The molecule has 0 fully saturated rings. The molecule has 0 saturated heterocycles. The molecule has 0 heterocycles. The number of nitrogens with one attached hydrogen (secondary N) is 1. The van der Waals surface area contributed by atoms with Crippen LogP contribution in [-0.4, -0.2) is 31.1 Å². The first kappa shape index (κ1) is 15.8. The number of hydrogen-bond donors (Lipinski definition) is 1. The second-order valence-electron chi connectivity index (χ2n) is 4.99. The molecule has 116 valence electrons. The Morgan fingerprint density at radius 1 is 1.18 bits per heavy atom. The number of likely N-dealkylation sites (N-methyl/N-ethyl adjacent to an activating group) is 1. The van der Waals surface area contributed by atoms with Crippen LogP contribution in [0.15, 0.2) is 48.5 Å². The van der Waals surface area contributed by atoms with Crippen LogP contribution in [0.2, 0.25) is 0 Å². The van der Waals surface area contributed by atoms with Gasteiger partial charge in [-0.3, -0.25) is 0 Å². The van der Waals surface area contributed by atoms with Gasteiger partial charge in [-0.1, -0.05) is 29.8 Å². The van der Waals surface area contributed by atoms with Gasteiger partial charge in [0.05, 0.1) is 12.2 Å². The summed E-state index contributed by atoms with van der Waals surface area (Å²) in [4.78, 5) is 13.4. The summed E-state index contributed by atoms with van der Waals surface area (Å²) in [5, 5.41) is 2.52. The summed E-state index contributed by atoms with van der Waals surface area (Å²) in [5.74, 6) is 0.300. The van der Waals surface area contributed by atoms with Crippen molar-refractivity contribution in [2.24, 2.45) is 0 Å². The molecule has 2 aromatic rings. The maximum atomic E-state index is 13.5. The summed E-state index contributed by atoms with van der Waals surface area (Å²) >= 11 is 0. The molecule has 22 heavy (non-hydrogen) atoms. The summed E-state index contributed by atoms with van der Waals surface area (Å²) in [6.45, 7) is 2.77. The number of halogens is 1. The van der Waals surface area contributed by atoms with E-state index in [9.17, 15) is 9.18 Å². The van der Waals surface area contributed by atoms with E-state index in [4.69, 9.17) is 4.74 Å². The molecule has 0 spiro atoms. The molecule has 0 saturated carbocycles. The van der Waals surface area contributed by atoms with E-state index in [1.165, 1.54) is 17.0 Å². The van der Waals surface area contributed by atoms with E-state index in [1.807, 2.05) is 31.2 Å². The topological polar surface area (TPSA) is 41.6 Å². The minimum atomic E-state index is -0.458. The number of aryl methyl sites for hydroxylation is 1. The monoisotopic (exact) mass is 302 g/mol. The van der Waals surface area contributed by atoms with Crippen molar-refractivity contribution < 1.29 is 13.9 Å². The van der Waals surface area contributed by atoms with Crippen LogP contribution in [-0.2, 0) is 0 Å². The third-order valence-corrected chi connectivity index (χ3v) is 3.18. The Labute approximate surface area is 129 Å². The predicted octanol–water partition coefficient (Wildman–Crippen LogP) is 3.68. The van der Waals surface area contributed by atoms with Crippen LogP contribution in [0.4, 0.5) is 14.9 Å². The fraction of sp³-hybridized carbons (Fsp3) is 0.235. The minimum absolute atomic E-state index is 0.166. The van der Waals surface area contributed by atoms with E-state index < -0.39 is 5.82 Å². The van der Waals surface area contributed by atoms with Gasteiger partial charge in [0.2, 0.25) is 0 Å². The van der Waals surface area contributed by atoms with Gasteiger partial charge in [0.15, 0.2) is 0 Å². The average Bonchev–Trinajstić information content (AvgIpc) is 2.51. The number of ether oxygens (including phenoxy) is 1. The fourth-order valence-corrected chi connectivity index (χ4v) is 1.81. The van der Waals surface area contributed by atoms with Gasteiger partial charge in [0.1, 0.15) is 18.2 Å². The highest BCUT2D eigenvalue weighted by Gasteiger charge is 2.10. The van der Waals surface area contributed by atoms with Gasteiger partial charge >= 0.3 is 6.03 Å². The van der Waals surface area contributed by atoms with E-state index >= 15 is 0 Å². The van der Waals surface area contributed by atoms with Gasteiger partial charge < -0.3 is 15.0 Å². The van der Waals surface area contributed by atoms with Gasteiger partial charge in [-0.2, -0.15) is 0 Å². The number of nitrogens with zero attached hydrogens (tertiary/aromatic N) is 1. The highest BCUT2D eigenvalue weighted by molar-refractivity contribution is 5.89. The van der Waals surface area contributed by atoms with Crippen LogP contribution >= 0.6 is 0 Å². The van der Waals surface area contributed by atoms with Crippen molar-refractivity contribution in [1.82, 2.24) is 4.90 Å². The van der Waals surface area contributed by atoms with Gasteiger partial charge in [-0.25, -0.2) is 9.18 Å². The van der Waals surface area contributed by atoms with Gasteiger partial charge in [-0.15, -0.1) is 0 Å². The Morgan fingerprint density at radius 2 is 1.86 bits per heavy atom. The molecule has 1 N–H and O–H groups in total. The van der Waals surface area contributed by atoms with Crippen LogP contribution in [0.5, 0.6) is 5.75 Å². The molecule has 4 nitrogen and oxygen atoms in total. The molecule has 0 aliphatic carbocycles. The molecular formula is C17H19FN2O2. The molecule has 5 heteroatoms. The maximum absolute atomic E-state index is 13.5. The van der Waals surface area contributed by atoms with Crippen molar-refractivity contribution in [3.63, 3.8) is 0 Å². The average molecular weight is 302 g/mol. The number of carbonyl (C=O) groups is 1. The molecule has 2 rings (SSSR count). The van der Waals surface area contributed by atoms with Gasteiger partial charge in [0.25, 0.3) is 0 Å². The summed E-state index contributed by atoms with van der Waals surface area (Å²) in [5.41, 5.74) is 1.33. The smallest absolute Gasteiger partial charge is 0.321 e. The number of rotatable bonds is 5. The van der Waals surface area contributed by atoms with E-state index in [-0.39, 0.29) is 11.7 Å². The molecule has 0 aliphatic rings. The quantitative estimate of drug-likeness (QED) is 0.915.